The van der Waals surface area contributed by atoms with Crippen molar-refractivity contribution in [2.24, 2.45) is 0 Å². The molecule has 206 valence electrons. The molecule has 1 aromatic heterocycles. The maximum absolute atomic E-state index is 14.2. The zero-order valence-corrected chi connectivity index (χ0v) is 22.8. The number of fused-ring (bicyclic) bond motifs is 4. The van der Waals surface area contributed by atoms with E-state index in [4.69, 9.17) is 4.98 Å². The van der Waals surface area contributed by atoms with Crippen molar-refractivity contribution in [1.29, 1.82) is 0 Å². The number of carbonyl (C=O) groups is 1. The summed E-state index contributed by atoms with van der Waals surface area (Å²) in [5.74, 6) is -0.758. The fraction of sp³-hybridized carbons (Fsp3) is 0.433. The van der Waals surface area contributed by atoms with Gasteiger partial charge in [0.2, 0.25) is 5.91 Å². The lowest BCUT2D eigenvalue weighted by Crippen LogP contribution is -2.43. The number of thioether (sulfide) groups is 1. The van der Waals surface area contributed by atoms with Gasteiger partial charge in [-0.3, -0.25) is 14.2 Å². The van der Waals surface area contributed by atoms with Crippen LogP contribution in [0.5, 0.6) is 0 Å². The summed E-state index contributed by atoms with van der Waals surface area (Å²) in [4.78, 5) is 32.0. The molecule has 0 bridgehead atoms. The van der Waals surface area contributed by atoms with Crippen molar-refractivity contribution >= 4 is 23.4 Å². The van der Waals surface area contributed by atoms with Gasteiger partial charge in [0.25, 0.3) is 5.56 Å². The maximum Gasteiger partial charge on any atom is 0.418 e. The molecule has 1 saturated carbocycles. The summed E-state index contributed by atoms with van der Waals surface area (Å²) in [5, 5.41) is 2.82. The van der Waals surface area contributed by atoms with Gasteiger partial charge < -0.3 is 5.32 Å². The van der Waals surface area contributed by atoms with Crippen LogP contribution in [0.2, 0.25) is 0 Å². The first-order valence-electron chi connectivity index (χ1n) is 13.6. The molecule has 5 nitrogen and oxygen atoms in total. The topological polar surface area (TPSA) is 64.0 Å². The molecule has 0 atom stereocenters. The van der Waals surface area contributed by atoms with Crippen molar-refractivity contribution in [3.8, 4) is 11.3 Å². The number of unbranched alkanes of at least 4 members (excludes halogenated alkanes) is 1. The number of benzene rings is 2. The average molecular weight is 556 g/mol. The largest absolute Gasteiger partial charge is 0.418 e. The van der Waals surface area contributed by atoms with Crippen LogP contribution in [0.25, 0.3) is 11.3 Å². The minimum atomic E-state index is -4.58. The van der Waals surface area contributed by atoms with Gasteiger partial charge in [0, 0.05) is 17.5 Å². The molecule has 1 N–H and O–H groups in total. The molecule has 39 heavy (non-hydrogen) atoms. The summed E-state index contributed by atoms with van der Waals surface area (Å²) >= 11 is 1.09. The van der Waals surface area contributed by atoms with Crippen LogP contribution in [0, 0.1) is 0 Å². The number of nitrogens with zero attached hydrogens (tertiary/aromatic N) is 2. The number of anilines is 1. The number of aromatic nitrogens is 2. The number of para-hydroxylation sites is 1. The first kappa shape index (κ1) is 27.5. The molecule has 1 heterocycles. The molecule has 9 heteroatoms. The normalized spacial score (nSPS) is 16.0. The lowest BCUT2D eigenvalue weighted by molar-refractivity contribution is -0.137. The van der Waals surface area contributed by atoms with Crippen molar-refractivity contribution in [1.82, 2.24) is 9.55 Å². The molecule has 2 aromatic carbocycles. The predicted octanol–water partition coefficient (Wildman–Crippen LogP) is 7.22. The molecule has 1 fully saturated rings. The van der Waals surface area contributed by atoms with E-state index in [0.717, 1.165) is 80.3 Å². The highest BCUT2D eigenvalue weighted by Crippen LogP contribution is 2.48. The Hall–Kier alpha value is -3.07. The van der Waals surface area contributed by atoms with E-state index in [2.05, 4.69) is 11.4 Å². The average Bonchev–Trinajstić information content (AvgIpc) is 2.91. The Balaban J connectivity index is 1.51. The molecule has 2 aliphatic rings. The van der Waals surface area contributed by atoms with Gasteiger partial charge in [-0.05, 0) is 43.4 Å². The highest BCUT2D eigenvalue weighted by Gasteiger charge is 2.43. The van der Waals surface area contributed by atoms with Crippen LogP contribution in [0.3, 0.4) is 0 Å². The minimum Gasteiger partial charge on any atom is -0.325 e. The first-order chi connectivity index (χ1) is 18.7. The van der Waals surface area contributed by atoms with Gasteiger partial charge in [-0.1, -0.05) is 80.8 Å². The lowest BCUT2D eigenvalue weighted by atomic mass is 9.62. The maximum atomic E-state index is 14.2. The van der Waals surface area contributed by atoms with E-state index in [1.165, 1.54) is 23.8 Å². The van der Waals surface area contributed by atoms with E-state index in [-0.39, 0.29) is 22.4 Å². The van der Waals surface area contributed by atoms with Crippen LogP contribution in [-0.2, 0) is 29.4 Å². The molecular formula is C30H32F3N3O2S. The Bertz CT molecular complexity index is 1430. The molecule has 0 aliphatic heterocycles. The van der Waals surface area contributed by atoms with Gasteiger partial charge in [0.1, 0.15) is 0 Å². The van der Waals surface area contributed by atoms with Crippen LogP contribution < -0.4 is 10.9 Å². The number of rotatable bonds is 7. The van der Waals surface area contributed by atoms with Gasteiger partial charge in [-0.25, -0.2) is 4.98 Å². The van der Waals surface area contributed by atoms with Crippen molar-refractivity contribution in [2.45, 2.75) is 81.6 Å². The number of amides is 1. The molecule has 1 amide bonds. The lowest BCUT2D eigenvalue weighted by Gasteiger charge is -2.42. The third-order valence-corrected chi connectivity index (χ3v) is 8.83. The van der Waals surface area contributed by atoms with Gasteiger partial charge in [-0.2, -0.15) is 13.2 Å². The smallest absolute Gasteiger partial charge is 0.325 e. The van der Waals surface area contributed by atoms with E-state index in [9.17, 15) is 22.8 Å². The monoisotopic (exact) mass is 555 g/mol. The molecule has 0 unspecified atom stereocenters. The van der Waals surface area contributed by atoms with E-state index in [0.29, 0.717) is 17.4 Å². The highest BCUT2D eigenvalue weighted by molar-refractivity contribution is 7.99. The summed E-state index contributed by atoms with van der Waals surface area (Å²) < 4.78 is 41.9. The van der Waals surface area contributed by atoms with Crippen LogP contribution in [0.1, 0.15) is 68.6 Å². The molecule has 3 aromatic rings. The number of alkyl halides is 3. The Morgan fingerprint density at radius 1 is 1.08 bits per heavy atom. The zero-order valence-electron chi connectivity index (χ0n) is 21.9. The number of halogens is 3. The number of nitrogens with one attached hydrogen (secondary N) is 1. The molecule has 5 rings (SSSR count). The van der Waals surface area contributed by atoms with E-state index in [1.807, 2.05) is 25.1 Å². The summed E-state index contributed by atoms with van der Waals surface area (Å²) in [7, 11) is 0. The molecule has 0 saturated heterocycles. The summed E-state index contributed by atoms with van der Waals surface area (Å²) in [6, 6.07) is 13.0. The van der Waals surface area contributed by atoms with Crippen LogP contribution in [0.15, 0.2) is 58.5 Å². The first-order valence-corrected chi connectivity index (χ1v) is 14.5. The van der Waals surface area contributed by atoms with Crippen molar-refractivity contribution in [3.05, 3.63) is 75.6 Å². The van der Waals surface area contributed by atoms with Crippen molar-refractivity contribution < 1.29 is 18.0 Å². The number of hydrogen-bond acceptors (Lipinski definition) is 4. The van der Waals surface area contributed by atoms with Crippen LogP contribution in [-0.4, -0.2) is 21.2 Å². The second-order valence-electron chi connectivity index (χ2n) is 10.5. The second kappa shape index (κ2) is 11.2. The highest BCUT2D eigenvalue weighted by atomic mass is 32.2. The summed E-state index contributed by atoms with van der Waals surface area (Å²) in [5.41, 5.74) is 2.16. The third-order valence-electron chi connectivity index (χ3n) is 7.85. The van der Waals surface area contributed by atoms with Crippen molar-refractivity contribution in [3.63, 3.8) is 0 Å². The molecule has 2 aliphatic carbocycles. The fourth-order valence-electron chi connectivity index (χ4n) is 6.00. The van der Waals surface area contributed by atoms with Crippen LogP contribution in [0.4, 0.5) is 18.9 Å². The predicted molar refractivity (Wildman–Crippen MR) is 148 cm³/mol. The quantitative estimate of drug-likeness (QED) is 0.247. The third kappa shape index (κ3) is 5.51. The number of carbonyl (C=O) groups excluding carboxylic acids is 1. The van der Waals surface area contributed by atoms with Gasteiger partial charge in [0.15, 0.2) is 5.16 Å². The second-order valence-corrected chi connectivity index (χ2v) is 11.4. The fourth-order valence-corrected chi connectivity index (χ4v) is 6.82. The Morgan fingerprint density at radius 3 is 2.54 bits per heavy atom. The number of hydrogen-bond donors (Lipinski definition) is 1. The van der Waals surface area contributed by atoms with E-state index >= 15 is 0 Å². The molecular weight excluding hydrogens is 523 g/mol. The van der Waals surface area contributed by atoms with Crippen molar-refractivity contribution in [2.75, 3.05) is 11.1 Å². The van der Waals surface area contributed by atoms with E-state index < -0.39 is 17.6 Å². The van der Waals surface area contributed by atoms with Gasteiger partial charge in [-0.15, -0.1) is 0 Å². The Kier molecular flexibility index (Phi) is 7.89. The van der Waals surface area contributed by atoms with Gasteiger partial charge in [0.05, 0.1) is 28.3 Å². The summed E-state index contributed by atoms with van der Waals surface area (Å²) in [6.45, 7) is 2.53. The minimum absolute atomic E-state index is 0.0461. The van der Waals surface area contributed by atoms with Gasteiger partial charge >= 0.3 is 6.18 Å². The molecule has 1 spiro atoms. The SMILES string of the molecule is CCCCn1c(SCC(=O)Nc2ccccc2C(F)(F)F)nc2c(c1=O)C1(CCCCC1)Cc1ccccc1-2. The Labute approximate surface area is 230 Å². The zero-order chi connectivity index (χ0) is 27.6. The van der Waals surface area contributed by atoms with E-state index in [1.54, 1.807) is 4.57 Å². The molecule has 0 radical (unpaired) electrons. The van der Waals surface area contributed by atoms with Crippen LogP contribution >= 0.6 is 11.8 Å². The standard InChI is InChI=1S/C30H32F3N3O2S/c1-2-3-17-36-27(38)25-26(21-12-6-5-11-20(21)18-29(25)15-9-4-10-16-29)35-28(36)39-19-24(37)34-23-14-8-7-13-22(23)30(31,32)33/h5-8,11-14H,2-4,9-10,15-19H2,1H3,(H,34,37). The summed E-state index contributed by atoms with van der Waals surface area (Å²) in [6.07, 6.45) is 3.13. The Morgan fingerprint density at radius 2 is 1.79 bits per heavy atom.